The number of Topliss-reactive ketones (excluding diaryl/α,β-unsaturated/α-hetero) is 1. The summed E-state index contributed by atoms with van der Waals surface area (Å²) in [6, 6.07) is 9.91. The number of hydrogen-bond donors (Lipinski definition) is 0. The number of aromatic nitrogens is 1. The van der Waals surface area contributed by atoms with Crippen LogP contribution in [0, 0.1) is 3.57 Å². The lowest BCUT2D eigenvalue weighted by Crippen LogP contribution is -2.22. The average molecular weight is 478 g/mol. The minimum Gasteiger partial charge on any atom is -0.461 e. The first-order chi connectivity index (χ1) is 12.9. The van der Waals surface area contributed by atoms with Crippen molar-refractivity contribution in [2.75, 3.05) is 20.7 Å². The molecule has 1 heterocycles. The second-order valence-electron chi connectivity index (χ2n) is 6.78. The van der Waals surface area contributed by atoms with Gasteiger partial charge in [-0.3, -0.25) is 4.79 Å². The molecule has 0 bridgehead atoms. The number of ether oxygens (including phenoxy) is 1. The van der Waals surface area contributed by atoms with Gasteiger partial charge in [0.1, 0.15) is 5.69 Å². The van der Waals surface area contributed by atoms with Gasteiger partial charge in [0, 0.05) is 36.0 Å². The van der Waals surface area contributed by atoms with Gasteiger partial charge in [-0.1, -0.05) is 12.1 Å². The maximum atomic E-state index is 13.1. The van der Waals surface area contributed by atoms with Crippen LogP contribution < -0.4 is 0 Å². The van der Waals surface area contributed by atoms with Gasteiger partial charge in [0.25, 0.3) is 0 Å². The predicted octanol–water partition coefficient (Wildman–Crippen LogP) is 3.89. The van der Waals surface area contributed by atoms with Crippen molar-refractivity contribution in [2.45, 2.75) is 26.3 Å². The predicted molar refractivity (Wildman–Crippen MR) is 113 cm³/mol. The lowest BCUT2D eigenvalue weighted by atomic mass is 9.92. The fraction of sp³-hybridized carbons (Fsp3) is 0.333. The van der Waals surface area contributed by atoms with Crippen molar-refractivity contribution in [3.05, 3.63) is 68.2 Å². The van der Waals surface area contributed by atoms with Crippen molar-refractivity contribution in [1.29, 1.82) is 0 Å². The van der Waals surface area contributed by atoms with Crippen LogP contribution in [-0.2, 0) is 17.7 Å². The zero-order valence-corrected chi connectivity index (χ0v) is 17.9. The van der Waals surface area contributed by atoms with Gasteiger partial charge >= 0.3 is 5.97 Å². The Labute approximate surface area is 173 Å². The number of fused-ring (bicyclic) bond motifs is 1. The second-order valence-corrected chi connectivity index (χ2v) is 8.03. The van der Waals surface area contributed by atoms with E-state index in [1.165, 1.54) is 0 Å². The van der Waals surface area contributed by atoms with Gasteiger partial charge in [-0.2, -0.15) is 0 Å². The van der Waals surface area contributed by atoms with Crippen LogP contribution in [-0.4, -0.2) is 41.9 Å². The van der Waals surface area contributed by atoms with Gasteiger partial charge in [0.15, 0.2) is 0 Å². The summed E-state index contributed by atoms with van der Waals surface area (Å²) >= 11 is 2.26. The molecule has 0 unspecified atom stereocenters. The van der Waals surface area contributed by atoms with Crippen molar-refractivity contribution >= 4 is 34.3 Å². The molecular formula is C21H23IN2O3. The number of aryl methyl sites for hydroxylation is 1. The summed E-state index contributed by atoms with van der Waals surface area (Å²) in [4.78, 5) is 27.5. The quantitative estimate of drug-likeness (QED) is 0.372. The Kier molecular flexibility index (Phi) is 6.04. The molecule has 5 nitrogen and oxygen atoms in total. The van der Waals surface area contributed by atoms with Gasteiger partial charge < -0.3 is 14.2 Å². The molecule has 0 spiro atoms. The van der Waals surface area contributed by atoms with E-state index in [1.807, 2.05) is 60.1 Å². The molecule has 0 amide bonds. The maximum absolute atomic E-state index is 13.1. The summed E-state index contributed by atoms with van der Waals surface area (Å²) in [6.07, 6.45) is 3.30. The smallest absolute Gasteiger partial charge is 0.354 e. The number of esters is 1. The highest BCUT2D eigenvalue weighted by Crippen LogP contribution is 2.30. The van der Waals surface area contributed by atoms with Gasteiger partial charge in [0.2, 0.25) is 5.78 Å². The number of hydrogen-bond acceptors (Lipinski definition) is 4. The third kappa shape index (κ3) is 4.26. The van der Waals surface area contributed by atoms with E-state index < -0.39 is 0 Å². The fourth-order valence-electron chi connectivity index (χ4n) is 3.34. The van der Waals surface area contributed by atoms with E-state index in [2.05, 4.69) is 22.6 Å². The molecular weight excluding hydrogens is 455 g/mol. The van der Waals surface area contributed by atoms with Crippen LogP contribution in [0.25, 0.3) is 0 Å². The largest absolute Gasteiger partial charge is 0.461 e. The number of allylic oxidation sites excluding steroid dienone is 1. The molecule has 0 saturated carbocycles. The van der Waals surface area contributed by atoms with Gasteiger partial charge in [-0.05, 0) is 71.7 Å². The molecule has 0 fully saturated rings. The lowest BCUT2D eigenvalue weighted by Gasteiger charge is -2.19. The van der Waals surface area contributed by atoms with E-state index in [0.717, 1.165) is 26.7 Å². The van der Waals surface area contributed by atoms with Crippen molar-refractivity contribution in [2.24, 2.45) is 0 Å². The SMILES string of the molecule is CCOC(=O)c1cc2c(n1Cc1ccc(I)cc1)C(=O)/C(=C/N(C)C)CC2. The van der Waals surface area contributed by atoms with E-state index in [1.54, 1.807) is 6.92 Å². The third-order valence-corrected chi connectivity index (χ3v) is 5.22. The fourth-order valence-corrected chi connectivity index (χ4v) is 3.70. The number of carbonyl (C=O) groups is 2. The van der Waals surface area contributed by atoms with Crippen LogP contribution >= 0.6 is 22.6 Å². The van der Waals surface area contributed by atoms with Crippen LogP contribution in [0.5, 0.6) is 0 Å². The zero-order valence-electron chi connectivity index (χ0n) is 15.8. The molecule has 1 aromatic heterocycles. The first-order valence-electron chi connectivity index (χ1n) is 8.96. The highest BCUT2D eigenvalue weighted by Gasteiger charge is 2.30. The van der Waals surface area contributed by atoms with E-state index in [4.69, 9.17) is 4.74 Å². The van der Waals surface area contributed by atoms with Crippen LogP contribution in [0.4, 0.5) is 0 Å². The first-order valence-corrected chi connectivity index (χ1v) is 10.0. The first kappa shape index (κ1) is 19.7. The van der Waals surface area contributed by atoms with Crippen LogP contribution in [0.15, 0.2) is 42.1 Å². The highest BCUT2D eigenvalue weighted by atomic mass is 127. The molecule has 0 aliphatic heterocycles. The van der Waals surface area contributed by atoms with E-state index in [0.29, 0.717) is 31.0 Å². The summed E-state index contributed by atoms with van der Waals surface area (Å²) < 4.78 is 8.20. The molecule has 0 atom stereocenters. The number of halogens is 1. The summed E-state index contributed by atoms with van der Waals surface area (Å²) in [6.45, 7) is 2.55. The normalized spacial score (nSPS) is 15.0. The Morgan fingerprint density at radius 3 is 2.59 bits per heavy atom. The van der Waals surface area contributed by atoms with Crippen molar-refractivity contribution in [3.8, 4) is 0 Å². The number of nitrogens with zero attached hydrogens (tertiary/aromatic N) is 2. The summed E-state index contributed by atoms with van der Waals surface area (Å²) in [5, 5.41) is 0. The van der Waals surface area contributed by atoms with E-state index >= 15 is 0 Å². The Bertz CT molecular complexity index is 895. The Morgan fingerprint density at radius 2 is 1.96 bits per heavy atom. The minimum absolute atomic E-state index is 0.00832. The molecule has 1 aliphatic rings. The van der Waals surface area contributed by atoms with Crippen LogP contribution in [0.3, 0.4) is 0 Å². The molecule has 0 N–H and O–H groups in total. The molecule has 3 rings (SSSR count). The highest BCUT2D eigenvalue weighted by molar-refractivity contribution is 14.1. The summed E-state index contributed by atoms with van der Waals surface area (Å²) in [7, 11) is 3.81. The number of rotatable bonds is 5. The standard InChI is InChI=1S/C21H23IN2O3/c1-4-27-21(26)18-11-15-7-8-16(13-23(2)3)20(25)19(15)24(18)12-14-5-9-17(22)10-6-14/h5-6,9-11,13H,4,7-8,12H2,1-3H3/b16-13+. The van der Waals surface area contributed by atoms with Crippen molar-refractivity contribution in [1.82, 2.24) is 9.47 Å². The lowest BCUT2D eigenvalue weighted by molar-refractivity contribution is 0.0514. The molecule has 0 saturated heterocycles. The number of carbonyl (C=O) groups excluding carboxylic acids is 2. The van der Waals surface area contributed by atoms with Crippen LogP contribution in [0.2, 0.25) is 0 Å². The Hall–Kier alpha value is -2.09. The number of benzene rings is 1. The summed E-state index contributed by atoms with van der Waals surface area (Å²) in [5.74, 6) is -0.394. The van der Waals surface area contributed by atoms with Crippen molar-refractivity contribution < 1.29 is 14.3 Å². The van der Waals surface area contributed by atoms with Gasteiger partial charge in [0.05, 0.1) is 12.3 Å². The van der Waals surface area contributed by atoms with Crippen LogP contribution in [0.1, 0.15) is 45.4 Å². The van der Waals surface area contributed by atoms with Gasteiger partial charge in [-0.15, -0.1) is 0 Å². The second kappa shape index (κ2) is 8.29. The molecule has 1 aromatic carbocycles. The molecule has 142 valence electrons. The molecule has 0 radical (unpaired) electrons. The Morgan fingerprint density at radius 1 is 1.26 bits per heavy atom. The van der Waals surface area contributed by atoms with Crippen molar-refractivity contribution in [3.63, 3.8) is 0 Å². The maximum Gasteiger partial charge on any atom is 0.354 e. The molecule has 1 aliphatic carbocycles. The van der Waals surface area contributed by atoms with E-state index in [9.17, 15) is 9.59 Å². The number of ketones is 1. The average Bonchev–Trinajstić information content (AvgIpc) is 2.98. The third-order valence-electron chi connectivity index (χ3n) is 4.50. The molecule has 27 heavy (non-hydrogen) atoms. The Balaban J connectivity index is 2.08. The van der Waals surface area contributed by atoms with Gasteiger partial charge in [-0.25, -0.2) is 4.79 Å². The monoisotopic (exact) mass is 478 g/mol. The molecule has 6 heteroatoms. The topological polar surface area (TPSA) is 51.5 Å². The zero-order chi connectivity index (χ0) is 19.6. The van der Waals surface area contributed by atoms with E-state index in [-0.39, 0.29) is 11.8 Å². The molecule has 2 aromatic rings. The minimum atomic E-state index is -0.386. The summed E-state index contributed by atoms with van der Waals surface area (Å²) in [5.41, 5.74) is 3.78.